The van der Waals surface area contributed by atoms with Crippen LogP contribution in [0.1, 0.15) is 12.0 Å². The molecule has 1 amide bonds. The number of hydrogen-bond donors (Lipinski definition) is 2. The molecule has 0 spiro atoms. The van der Waals surface area contributed by atoms with Crippen LogP contribution in [0.2, 0.25) is 0 Å². The van der Waals surface area contributed by atoms with Crippen LogP contribution in [0.25, 0.3) is 0 Å². The zero-order chi connectivity index (χ0) is 18.3. The van der Waals surface area contributed by atoms with Crippen molar-refractivity contribution in [3.63, 3.8) is 0 Å². The van der Waals surface area contributed by atoms with E-state index in [2.05, 4.69) is 22.3 Å². The number of nitrogens with zero attached hydrogens (tertiary/aromatic N) is 4. The van der Waals surface area contributed by atoms with Crippen molar-refractivity contribution in [1.29, 1.82) is 0 Å². The van der Waals surface area contributed by atoms with Crippen molar-refractivity contribution in [3.8, 4) is 5.75 Å². The van der Waals surface area contributed by atoms with E-state index >= 15 is 0 Å². The third-order valence-electron chi connectivity index (χ3n) is 4.89. The number of methoxy groups -OCH3 is 1. The molecule has 1 aromatic rings. The average molecular weight is 354 g/mol. The van der Waals surface area contributed by atoms with Crippen molar-refractivity contribution >= 4 is 23.8 Å². The number of rotatable bonds is 4. The van der Waals surface area contributed by atoms with Crippen molar-refractivity contribution in [1.82, 2.24) is 4.90 Å². The number of nitrogens with one attached hydrogen (secondary N) is 1. The molecule has 3 aliphatic heterocycles. The second kappa shape index (κ2) is 5.99. The third-order valence-corrected chi connectivity index (χ3v) is 4.89. The molecule has 8 nitrogen and oxygen atoms in total. The summed E-state index contributed by atoms with van der Waals surface area (Å²) in [6.07, 6.45) is 5.67. The first-order valence-electron chi connectivity index (χ1n) is 8.37. The van der Waals surface area contributed by atoms with E-state index < -0.39 is 6.09 Å². The minimum absolute atomic E-state index is 0.400. The number of ether oxygens (including phenoxy) is 1. The first kappa shape index (κ1) is 16.3. The van der Waals surface area contributed by atoms with Gasteiger partial charge in [0.15, 0.2) is 5.82 Å². The average Bonchev–Trinajstić information content (AvgIpc) is 2.86. The predicted octanol–water partition coefficient (Wildman–Crippen LogP) is 2.42. The molecule has 4 rings (SSSR count). The maximum Gasteiger partial charge on any atom is 0.409 e. The van der Waals surface area contributed by atoms with E-state index in [-0.39, 0.29) is 0 Å². The molecule has 0 aliphatic carbocycles. The first-order valence-corrected chi connectivity index (χ1v) is 8.37. The topological polar surface area (TPSA) is 86.5 Å². The summed E-state index contributed by atoms with van der Waals surface area (Å²) in [5, 5.41) is 11.3. The number of allylic oxidation sites excluding steroid dienone is 1. The van der Waals surface area contributed by atoms with Gasteiger partial charge in [-0.15, -0.1) is 0 Å². The van der Waals surface area contributed by atoms with Crippen molar-refractivity contribution in [2.45, 2.75) is 6.42 Å². The Balaban J connectivity index is 1.77. The molecule has 3 aliphatic rings. The summed E-state index contributed by atoms with van der Waals surface area (Å²) in [4.78, 5) is 22.4. The Morgan fingerprint density at radius 1 is 1.38 bits per heavy atom. The molecule has 0 saturated carbocycles. The van der Waals surface area contributed by atoms with Gasteiger partial charge in [-0.1, -0.05) is 0 Å². The van der Waals surface area contributed by atoms with Gasteiger partial charge in [0.2, 0.25) is 11.5 Å². The lowest BCUT2D eigenvalue weighted by Crippen LogP contribution is -2.44. The number of aliphatic imine (C=N–C) groups is 2. The van der Waals surface area contributed by atoms with Crippen molar-refractivity contribution in [2.24, 2.45) is 9.98 Å². The van der Waals surface area contributed by atoms with E-state index in [1.807, 2.05) is 24.5 Å². The maximum atomic E-state index is 10.9. The normalized spacial score (nSPS) is 23.5. The maximum absolute atomic E-state index is 10.9. The lowest BCUT2D eigenvalue weighted by molar-refractivity contribution is -0.713. The van der Waals surface area contributed by atoms with E-state index in [1.165, 1.54) is 13.5 Å². The molecule has 2 N–H and O–H groups in total. The molecule has 8 heteroatoms. The van der Waals surface area contributed by atoms with E-state index in [0.29, 0.717) is 15.9 Å². The summed E-state index contributed by atoms with van der Waals surface area (Å²) < 4.78 is 5.79. The van der Waals surface area contributed by atoms with Crippen LogP contribution in [0.5, 0.6) is 5.75 Å². The van der Waals surface area contributed by atoms with Crippen LogP contribution in [0.4, 0.5) is 10.5 Å². The number of hydrogen-bond acceptors (Lipinski definition) is 5. The van der Waals surface area contributed by atoms with Crippen LogP contribution in [-0.4, -0.2) is 59.9 Å². The minimum Gasteiger partial charge on any atom is -0.495 e. The fourth-order valence-corrected chi connectivity index (χ4v) is 3.34. The van der Waals surface area contributed by atoms with Crippen LogP contribution in [0, 0.1) is 0 Å². The zero-order valence-electron chi connectivity index (χ0n) is 14.6. The molecule has 1 aromatic carbocycles. The van der Waals surface area contributed by atoms with E-state index in [0.717, 1.165) is 36.0 Å². The molecule has 1 atom stereocenters. The van der Waals surface area contributed by atoms with E-state index in [1.54, 1.807) is 12.3 Å². The van der Waals surface area contributed by atoms with Crippen LogP contribution < -0.4 is 10.1 Å². The quantitative estimate of drug-likeness (QED) is 0.813. The van der Waals surface area contributed by atoms with Crippen molar-refractivity contribution < 1.29 is 19.1 Å². The van der Waals surface area contributed by atoms with Crippen LogP contribution >= 0.6 is 0 Å². The van der Waals surface area contributed by atoms with Crippen LogP contribution in [0.3, 0.4) is 0 Å². The number of carbonyl (C=O) groups is 1. The number of likely N-dealkylation sites (tertiary alicyclic amines) is 1. The molecule has 3 heterocycles. The van der Waals surface area contributed by atoms with Crippen molar-refractivity contribution in [2.75, 3.05) is 32.6 Å². The van der Waals surface area contributed by atoms with Gasteiger partial charge in [0.05, 0.1) is 37.8 Å². The van der Waals surface area contributed by atoms with Gasteiger partial charge >= 0.3 is 6.09 Å². The van der Waals surface area contributed by atoms with Gasteiger partial charge in [0.1, 0.15) is 11.9 Å². The molecule has 1 unspecified atom stereocenters. The van der Waals surface area contributed by atoms with Gasteiger partial charge in [-0.3, -0.25) is 10.3 Å². The molecule has 0 aromatic heterocycles. The van der Waals surface area contributed by atoms with Gasteiger partial charge in [-0.25, -0.2) is 9.28 Å². The second-order valence-corrected chi connectivity index (χ2v) is 6.48. The fraction of sp³-hybridized carbons (Fsp3) is 0.278. The Bertz CT molecular complexity index is 898. The smallest absolute Gasteiger partial charge is 0.409 e. The molecule has 26 heavy (non-hydrogen) atoms. The molecular formula is C18H20N5O3+. The Morgan fingerprint density at radius 3 is 2.85 bits per heavy atom. The Kier molecular flexibility index (Phi) is 3.77. The fourth-order valence-electron chi connectivity index (χ4n) is 3.34. The molecule has 0 radical (unpaired) electrons. The number of anilines is 1. The highest BCUT2D eigenvalue weighted by molar-refractivity contribution is 6.01. The second-order valence-electron chi connectivity index (χ2n) is 6.48. The highest BCUT2D eigenvalue weighted by Gasteiger charge is 2.44. The first-order chi connectivity index (χ1) is 12.5. The molecule has 0 bridgehead atoms. The number of quaternary nitrogens is 1. The zero-order valence-corrected chi connectivity index (χ0v) is 14.6. The van der Waals surface area contributed by atoms with Gasteiger partial charge < -0.3 is 14.7 Å². The summed E-state index contributed by atoms with van der Waals surface area (Å²) in [6, 6.07) is 5.36. The highest BCUT2D eigenvalue weighted by atomic mass is 16.5. The largest absolute Gasteiger partial charge is 0.495 e. The van der Waals surface area contributed by atoms with Crippen molar-refractivity contribution in [3.05, 3.63) is 47.7 Å². The lowest BCUT2D eigenvalue weighted by Gasteiger charge is -2.33. The minimum atomic E-state index is -1.13. The molecule has 1 fully saturated rings. The number of carboxylic acid groups (broad SMARTS) is 1. The standard InChI is InChI=1S/C18H19N5O3/c1-23-9-6-19-11-14(23)16(22-7-3-8-22)21-17(23)12-4-5-13(20-18(24)25)15(10-12)26-2/h4-6,9-11H,3,7-8H2,1-2H3,(H-,19,20,21,24,25)/p+1. The number of amidine groups is 1. The van der Waals surface area contributed by atoms with Crippen LogP contribution in [0.15, 0.2) is 52.1 Å². The summed E-state index contributed by atoms with van der Waals surface area (Å²) in [5.41, 5.74) is 2.30. The van der Waals surface area contributed by atoms with Crippen LogP contribution in [-0.2, 0) is 0 Å². The van der Waals surface area contributed by atoms with Gasteiger partial charge in [-0.05, 0) is 24.6 Å². The van der Waals surface area contributed by atoms with Gasteiger partial charge in [0.25, 0.3) is 0 Å². The summed E-state index contributed by atoms with van der Waals surface area (Å²) in [7, 11) is 3.58. The predicted molar refractivity (Wildman–Crippen MR) is 98.2 cm³/mol. The highest BCUT2D eigenvalue weighted by Crippen LogP contribution is 2.37. The van der Waals surface area contributed by atoms with E-state index in [4.69, 9.17) is 14.8 Å². The summed E-state index contributed by atoms with van der Waals surface area (Å²) in [5.74, 6) is 2.26. The Morgan fingerprint density at radius 2 is 2.19 bits per heavy atom. The monoisotopic (exact) mass is 354 g/mol. The Hall–Kier alpha value is -3.13. The number of amides is 1. The summed E-state index contributed by atoms with van der Waals surface area (Å²) in [6.45, 7) is 2.00. The summed E-state index contributed by atoms with van der Waals surface area (Å²) >= 11 is 0. The third kappa shape index (κ3) is 2.46. The van der Waals surface area contributed by atoms with Gasteiger partial charge in [0, 0.05) is 13.1 Å². The van der Waals surface area contributed by atoms with E-state index in [9.17, 15) is 4.79 Å². The SMILES string of the molecule is COc1cc(C2=NC(N3CCC3)=C3C=NC=C[N+]23C)ccc1NC(=O)O. The molecular weight excluding hydrogens is 334 g/mol. The lowest BCUT2D eigenvalue weighted by atomic mass is 10.1. The Labute approximate surface area is 151 Å². The number of benzene rings is 1. The number of fused-ring (bicyclic) bond motifs is 1. The van der Waals surface area contributed by atoms with Gasteiger partial charge in [-0.2, -0.15) is 4.99 Å². The molecule has 1 saturated heterocycles. The molecule has 134 valence electrons.